The van der Waals surface area contributed by atoms with E-state index in [9.17, 15) is 4.79 Å². The minimum Gasteiger partial charge on any atom is -0.497 e. The molecule has 2 aromatic carbocycles. The molecule has 0 atom stereocenters. The summed E-state index contributed by atoms with van der Waals surface area (Å²) in [6.45, 7) is 0. The first kappa shape index (κ1) is 17.8. The zero-order valence-electron chi connectivity index (χ0n) is 14.4. The Hall–Kier alpha value is -3.05. The van der Waals surface area contributed by atoms with Gasteiger partial charge in [-0.1, -0.05) is 23.7 Å². The zero-order valence-corrected chi connectivity index (χ0v) is 15.2. The van der Waals surface area contributed by atoms with Crippen molar-refractivity contribution in [1.29, 1.82) is 0 Å². The summed E-state index contributed by atoms with van der Waals surface area (Å²) in [6.07, 6.45) is 1.68. The number of aromatic nitrogens is 1. The van der Waals surface area contributed by atoms with Crippen molar-refractivity contribution in [2.24, 2.45) is 0 Å². The molecule has 6 heteroatoms. The number of carbonyl (C=O) groups excluding carboxylic acids is 1. The molecule has 0 bridgehead atoms. The van der Waals surface area contributed by atoms with E-state index >= 15 is 0 Å². The van der Waals surface area contributed by atoms with Crippen LogP contribution in [-0.2, 0) is 0 Å². The van der Waals surface area contributed by atoms with Crippen molar-refractivity contribution in [2.75, 3.05) is 24.8 Å². The standard InChI is InChI=1S/C20H18ClN3O2/c1-22-18-11-13(19-17(21)7-4-10-23-19)8-9-16(18)20(25)24-14-5-3-6-15(12-14)26-2/h3-12,22H,1-2H3,(H,24,25). The van der Waals surface area contributed by atoms with Crippen molar-refractivity contribution in [3.63, 3.8) is 0 Å². The van der Waals surface area contributed by atoms with E-state index in [1.54, 1.807) is 44.6 Å². The van der Waals surface area contributed by atoms with Crippen molar-refractivity contribution >= 4 is 28.9 Å². The van der Waals surface area contributed by atoms with Crippen LogP contribution in [-0.4, -0.2) is 25.0 Å². The predicted molar refractivity (Wildman–Crippen MR) is 105 cm³/mol. The number of nitrogens with zero attached hydrogens (tertiary/aromatic N) is 1. The third kappa shape index (κ3) is 3.78. The number of carbonyl (C=O) groups is 1. The average molecular weight is 368 g/mol. The molecule has 0 radical (unpaired) electrons. The molecule has 3 rings (SSSR count). The second-order valence-corrected chi connectivity index (χ2v) is 5.94. The monoisotopic (exact) mass is 367 g/mol. The van der Waals surface area contributed by atoms with Gasteiger partial charge in [0.25, 0.3) is 5.91 Å². The lowest BCUT2D eigenvalue weighted by molar-refractivity contribution is 0.102. The second kappa shape index (κ2) is 7.89. The highest BCUT2D eigenvalue weighted by atomic mass is 35.5. The van der Waals surface area contributed by atoms with Crippen LogP contribution in [0.1, 0.15) is 10.4 Å². The van der Waals surface area contributed by atoms with Crippen LogP contribution >= 0.6 is 11.6 Å². The molecular weight excluding hydrogens is 350 g/mol. The number of amides is 1. The Morgan fingerprint density at radius 2 is 1.96 bits per heavy atom. The van der Waals surface area contributed by atoms with Gasteiger partial charge in [0.2, 0.25) is 0 Å². The second-order valence-electron chi connectivity index (χ2n) is 5.53. The summed E-state index contributed by atoms with van der Waals surface area (Å²) in [7, 11) is 3.35. The van der Waals surface area contributed by atoms with Crippen LogP contribution in [0.25, 0.3) is 11.3 Å². The lowest BCUT2D eigenvalue weighted by Crippen LogP contribution is -2.14. The molecule has 132 valence electrons. The van der Waals surface area contributed by atoms with Crippen LogP contribution in [0.5, 0.6) is 5.75 Å². The van der Waals surface area contributed by atoms with Crippen LogP contribution in [0.15, 0.2) is 60.8 Å². The Morgan fingerprint density at radius 3 is 2.69 bits per heavy atom. The molecule has 3 aromatic rings. The highest BCUT2D eigenvalue weighted by molar-refractivity contribution is 6.33. The number of methoxy groups -OCH3 is 1. The zero-order chi connectivity index (χ0) is 18.5. The van der Waals surface area contributed by atoms with Gasteiger partial charge in [0.1, 0.15) is 5.75 Å². The summed E-state index contributed by atoms with van der Waals surface area (Å²) in [5.41, 5.74) is 3.37. The van der Waals surface area contributed by atoms with E-state index in [0.717, 1.165) is 5.56 Å². The maximum Gasteiger partial charge on any atom is 0.257 e. The Balaban J connectivity index is 1.90. The Kier molecular flexibility index (Phi) is 5.39. The van der Waals surface area contributed by atoms with Gasteiger partial charge in [0, 0.05) is 36.2 Å². The van der Waals surface area contributed by atoms with Crippen molar-refractivity contribution in [1.82, 2.24) is 4.98 Å². The molecule has 0 saturated heterocycles. The first-order valence-corrected chi connectivity index (χ1v) is 8.38. The van der Waals surface area contributed by atoms with Crippen LogP contribution in [0.4, 0.5) is 11.4 Å². The average Bonchev–Trinajstić information content (AvgIpc) is 2.68. The van der Waals surface area contributed by atoms with Gasteiger partial charge in [-0.05, 0) is 36.4 Å². The topological polar surface area (TPSA) is 63.2 Å². The summed E-state index contributed by atoms with van der Waals surface area (Å²) in [5.74, 6) is 0.457. The molecule has 0 aliphatic carbocycles. The highest BCUT2D eigenvalue weighted by Gasteiger charge is 2.14. The van der Waals surface area contributed by atoms with E-state index in [4.69, 9.17) is 16.3 Å². The van der Waals surface area contributed by atoms with Gasteiger partial charge in [0.15, 0.2) is 0 Å². The van der Waals surface area contributed by atoms with Crippen molar-refractivity contribution < 1.29 is 9.53 Å². The molecule has 0 saturated carbocycles. The van der Waals surface area contributed by atoms with Crippen LogP contribution in [0.3, 0.4) is 0 Å². The number of halogens is 1. The van der Waals surface area contributed by atoms with Gasteiger partial charge >= 0.3 is 0 Å². The summed E-state index contributed by atoms with van der Waals surface area (Å²) in [4.78, 5) is 17.0. The fourth-order valence-corrected chi connectivity index (χ4v) is 2.82. The number of nitrogens with one attached hydrogen (secondary N) is 2. The number of pyridine rings is 1. The quantitative estimate of drug-likeness (QED) is 0.685. The van der Waals surface area contributed by atoms with Gasteiger partial charge in [0.05, 0.1) is 23.4 Å². The fourth-order valence-electron chi connectivity index (χ4n) is 2.59. The summed E-state index contributed by atoms with van der Waals surface area (Å²) in [5, 5.41) is 6.49. The summed E-state index contributed by atoms with van der Waals surface area (Å²) >= 11 is 6.22. The molecule has 1 heterocycles. The highest BCUT2D eigenvalue weighted by Crippen LogP contribution is 2.29. The SMILES string of the molecule is CNc1cc(-c2ncccc2Cl)ccc1C(=O)Nc1cccc(OC)c1. The van der Waals surface area contributed by atoms with Crippen molar-refractivity contribution in [2.45, 2.75) is 0 Å². The third-order valence-electron chi connectivity index (χ3n) is 3.89. The van der Waals surface area contributed by atoms with Gasteiger partial charge in [-0.25, -0.2) is 0 Å². The van der Waals surface area contributed by atoms with E-state index < -0.39 is 0 Å². The molecule has 1 aromatic heterocycles. The predicted octanol–water partition coefficient (Wildman–Crippen LogP) is 4.70. The number of anilines is 2. The molecule has 0 unspecified atom stereocenters. The van der Waals surface area contributed by atoms with Crippen LogP contribution in [0, 0.1) is 0 Å². The number of rotatable bonds is 5. The third-order valence-corrected chi connectivity index (χ3v) is 4.20. The normalized spacial score (nSPS) is 10.3. The molecule has 26 heavy (non-hydrogen) atoms. The minimum atomic E-state index is -0.221. The Morgan fingerprint density at radius 1 is 1.12 bits per heavy atom. The van der Waals surface area contributed by atoms with E-state index in [2.05, 4.69) is 15.6 Å². The maximum absolute atomic E-state index is 12.7. The lowest BCUT2D eigenvalue weighted by atomic mass is 10.1. The van der Waals surface area contributed by atoms with Gasteiger partial charge in [-0.2, -0.15) is 0 Å². The lowest BCUT2D eigenvalue weighted by Gasteiger charge is -2.13. The Bertz CT molecular complexity index is 944. The smallest absolute Gasteiger partial charge is 0.257 e. The molecule has 5 nitrogen and oxygen atoms in total. The van der Waals surface area contributed by atoms with Crippen molar-refractivity contribution in [3.8, 4) is 17.0 Å². The minimum absolute atomic E-state index is 0.221. The Labute approximate surface area is 157 Å². The summed E-state index contributed by atoms with van der Waals surface area (Å²) < 4.78 is 5.18. The number of hydrogen-bond acceptors (Lipinski definition) is 4. The molecule has 1 amide bonds. The maximum atomic E-state index is 12.7. The molecule has 0 fully saturated rings. The first-order chi connectivity index (χ1) is 12.6. The van der Waals surface area contributed by atoms with E-state index in [0.29, 0.717) is 33.4 Å². The molecule has 0 aliphatic rings. The van der Waals surface area contributed by atoms with Gasteiger partial charge < -0.3 is 15.4 Å². The fraction of sp³-hybridized carbons (Fsp3) is 0.100. The molecular formula is C20H18ClN3O2. The number of benzene rings is 2. The van der Waals surface area contributed by atoms with Gasteiger partial charge in [-0.3, -0.25) is 9.78 Å². The van der Waals surface area contributed by atoms with E-state index in [1.807, 2.05) is 30.3 Å². The largest absolute Gasteiger partial charge is 0.497 e. The first-order valence-electron chi connectivity index (χ1n) is 8.00. The summed E-state index contributed by atoms with van der Waals surface area (Å²) in [6, 6.07) is 16.2. The van der Waals surface area contributed by atoms with E-state index in [-0.39, 0.29) is 5.91 Å². The molecule has 2 N–H and O–H groups in total. The van der Waals surface area contributed by atoms with Crippen molar-refractivity contribution in [3.05, 3.63) is 71.4 Å². The number of hydrogen-bond donors (Lipinski definition) is 2. The molecule has 0 aliphatic heterocycles. The molecule has 0 spiro atoms. The van der Waals surface area contributed by atoms with E-state index in [1.165, 1.54) is 0 Å². The number of ether oxygens (including phenoxy) is 1. The van der Waals surface area contributed by atoms with Gasteiger partial charge in [-0.15, -0.1) is 0 Å². The van der Waals surface area contributed by atoms with Crippen LogP contribution < -0.4 is 15.4 Å². The van der Waals surface area contributed by atoms with Crippen LogP contribution in [0.2, 0.25) is 5.02 Å².